The van der Waals surface area contributed by atoms with E-state index in [0.717, 1.165) is 26.3 Å². The third-order valence-corrected chi connectivity index (χ3v) is 3.44. The Balaban J connectivity index is 1.88. The third kappa shape index (κ3) is 3.68. The van der Waals surface area contributed by atoms with E-state index >= 15 is 0 Å². The molecule has 20 heavy (non-hydrogen) atoms. The molecule has 2 heterocycles. The van der Waals surface area contributed by atoms with Gasteiger partial charge in [0.05, 0.1) is 20.3 Å². The van der Waals surface area contributed by atoms with Gasteiger partial charge >= 0.3 is 0 Å². The molecule has 110 valence electrons. The summed E-state index contributed by atoms with van der Waals surface area (Å²) in [5.74, 6) is 0.194. The van der Waals surface area contributed by atoms with E-state index in [4.69, 9.17) is 9.47 Å². The zero-order valence-electron chi connectivity index (χ0n) is 12.0. The van der Waals surface area contributed by atoms with Crippen molar-refractivity contribution in [2.45, 2.75) is 13.0 Å². The SMILES string of the molecule is COc1ncccc1C(=O)NC[C@@H](C)N1CCOCC1. The van der Waals surface area contributed by atoms with Crippen LogP contribution in [0.2, 0.25) is 0 Å². The van der Waals surface area contributed by atoms with E-state index in [1.807, 2.05) is 0 Å². The summed E-state index contributed by atoms with van der Waals surface area (Å²) in [6.07, 6.45) is 1.60. The van der Waals surface area contributed by atoms with Crippen LogP contribution in [-0.2, 0) is 4.74 Å². The van der Waals surface area contributed by atoms with Crippen molar-refractivity contribution in [2.75, 3.05) is 40.0 Å². The van der Waals surface area contributed by atoms with E-state index in [1.165, 1.54) is 7.11 Å². The van der Waals surface area contributed by atoms with E-state index in [-0.39, 0.29) is 11.9 Å². The van der Waals surface area contributed by atoms with Gasteiger partial charge in [0, 0.05) is 31.9 Å². The highest BCUT2D eigenvalue weighted by Gasteiger charge is 2.19. The molecule has 0 unspecified atom stereocenters. The monoisotopic (exact) mass is 279 g/mol. The van der Waals surface area contributed by atoms with Crippen LogP contribution in [-0.4, -0.2) is 61.8 Å². The van der Waals surface area contributed by atoms with Crippen LogP contribution < -0.4 is 10.1 Å². The number of rotatable bonds is 5. The lowest BCUT2D eigenvalue weighted by Gasteiger charge is -2.32. The molecule has 1 aromatic rings. The molecule has 1 amide bonds. The summed E-state index contributed by atoms with van der Waals surface area (Å²) in [5, 5.41) is 2.93. The minimum absolute atomic E-state index is 0.157. The number of carbonyl (C=O) groups excluding carboxylic acids is 1. The predicted octanol–water partition coefficient (Wildman–Crippen LogP) is 0.541. The highest BCUT2D eigenvalue weighted by Crippen LogP contribution is 2.13. The Labute approximate surface area is 119 Å². The molecule has 1 aliphatic rings. The van der Waals surface area contributed by atoms with Gasteiger partial charge in [-0.15, -0.1) is 0 Å². The second-order valence-corrected chi connectivity index (χ2v) is 4.77. The van der Waals surface area contributed by atoms with Crippen molar-refractivity contribution in [3.05, 3.63) is 23.9 Å². The van der Waals surface area contributed by atoms with Crippen LogP contribution in [0.3, 0.4) is 0 Å². The molecule has 0 radical (unpaired) electrons. The fourth-order valence-corrected chi connectivity index (χ4v) is 2.21. The zero-order chi connectivity index (χ0) is 14.4. The van der Waals surface area contributed by atoms with Gasteiger partial charge in [-0.3, -0.25) is 9.69 Å². The standard InChI is InChI=1S/C14H21N3O3/c1-11(17-6-8-20-9-7-17)10-16-13(18)12-4-3-5-15-14(12)19-2/h3-5,11H,6-10H2,1-2H3,(H,16,18)/t11-/m1/s1. The van der Waals surface area contributed by atoms with E-state index in [1.54, 1.807) is 18.3 Å². The molecule has 0 bridgehead atoms. The number of hydrogen-bond acceptors (Lipinski definition) is 5. The molecule has 1 fully saturated rings. The van der Waals surface area contributed by atoms with Crippen LogP contribution in [0.5, 0.6) is 5.88 Å². The zero-order valence-corrected chi connectivity index (χ0v) is 12.0. The van der Waals surface area contributed by atoms with Crippen molar-refractivity contribution in [3.63, 3.8) is 0 Å². The van der Waals surface area contributed by atoms with Gasteiger partial charge in [0.25, 0.3) is 5.91 Å². The first kappa shape index (κ1) is 14.7. The van der Waals surface area contributed by atoms with E-state index in [0.29, 0.717) is 18.0 Å². The number of morpholine rings is 1. The Morgan fingerprint density at radius 2 is 2.30 bits per heavy atom. The number of hydrogen-bond donors (Lipinski definition) is 1. The maximum absolute atomic E-state index is 12.1. The summed E-state index contributed by atoms with van der Waals surface area (Å²) in [5.41, 5.74) is 0.462. The van der Waals surface area contributed by atoms with Crippen LogP contribution in [0.15, 0.2) is 18.3 Å². The van der Waals surface area contributed by atoms with Gasteiger partial charge in [-0.25, -0.2) is 4.98 Å². The second kappa shape index (κ2) is 7.21. The molecule has 2 rings (SSSR count). The average Bonchev–Trinajstić information content (AvgIpc) is 2.53. The maximum Gasteiger partial charge on any atom is 0.256 e. The normalized spacial score (nSPS) is 17.5. The molecule has 1 saturated heterocycles. The van der Waals surface area contributed by atoms with Crippen molar-refractivity contribution in [2.24, 2.45) is 0 Å². The fraction of sp³-hybridized carbons (Fsp3) is 0.571. The third-order valence-electron chi connectivity index (χ3n) is 3.44. The molecule has 1 aromatic heterocycles. The summed E-state index contributed by atoms with van der Waals surface area (Å²) in [7, 11) is 1.51. The fourth-order valence-electron chi connectivity index (χ4n) is 2.21. The van der Waals surface area contributed by atoms with E-state index < -0.39 is 0 Å². The lowest BCUT2D eigenvalue weighted by Crippen LogP contribution is -2.47. The quantitative estimate of drug-likeness (QED) is 0.852. The number of ether oxygens (including phenoxy) is 2. The first-order valence-electron chi connectivity index (χ1n) is 6.81. The lowest BCUT2D eigenvalue weighted by atomic mass is 10.2. The molecule has 1 atom stereocenters. The number of pyridine rings is 1. The van der Waals surface area contributed by atoms with Crippen LogP contribution >= 0.6 is 0 Å². The number of aromatic nitrogens is 1. The molecule has 0 saturated carbocycles. The van der Waals surface area contributed by atoms with Crippen molar-refractivity contribution < 1.29 is 14.3 Å². The first-order valence-corrected chi connectivity index (χ1v) is 6.81. The number of nitrogens with zero attached hydrogens (tertiary/aromatic N) is 2. The molecule has 1 N–H and O–H groups in total. The van der Waals surface area contributed by atoms with Gasteiger partial charge in [0.2, 0.25) is 5.88 Å². The van der Waals surface area contributed by atoms with E-state index in [2.05, 4.69) is 22.1 Å². The molecule has 6 heteroatoms. The largest absolute Gasteiger partial charge is 0.480 e. The van der Waals surface area contributed by atoms with Gasteiger partial charge in [0.1, 0.15) is 5.56 Å². The molecular formula is C14H21N3O3. The van der Waals surface area contributed by atoms with Gasteiger partial charge in [-0.05, 0) is 19.1 Å². The Hall–Kier alpha value is -1.66. The Morgan fingerprint density at radius 3 is 3.00 bits per heavy atom. The van der Waals surface area contributed by atoms with Crippen molar-refractivity contribution in [1.29, 1.82) is 0 Å². The summed E-state index contributed by atoms with van der Waals surface area (Å²) in [4.78, 5) is 18.5. The molecule has 0 spiro atoms. The number of carbonyl (C=O) groups is 1. The predicted molar refractivity (Wildman–Crippen MR) is 75.0 cm³/mol. The Kier molecular flexibility index (Phi) is 5.31. The lowest BCUT2D eigenvalue weighted by molar-refractivity contribution is 0.0204. The number of methoxy groups -OCH3 is 1. The van der Waals surface area contributed by atoms with Crippen LogP contribution in [0, 0.1) is 0 Å². The van der Waals surface area contributed by atoms with Crippen LogP contribution in [0.1, 0.15) is 17.3 Å². The van der Waals surface area contributed by atoms with Gasteiger partial charge in [0.15, 0.2) is 0 Å². The summed E-state index contributed by atoms with van der Waals surface area (Å²) >= 11 is 0. The highest BCUT2D eigenvalue weighted by atomic mass is 16.5. The van der Waals surface area contributed by atoms with Gasteiger partial charge in [-0.1, -0.05) is 0 Å². The Bertz CT molecular complexity index is 447. The van der Waals surface area contributed by atoms with Crippen LogP contribution in [0.4, 0.5) is 0 Å². The molecular weight excluding hydrogens is 258 g/mol. The average molecular weight is 279 g/mol. The Morgan fingerprint density at radius 1 is 1.55 bits per heavy atom. The molecule has 0 aliphatic carbocycles. The second-order valence-electron chi connectivity index (χ2n) is 4.77. The molecule has 1 aliphatic heterocycles. The minimum Gasteiger partial charge on any atom is -0.480 e. The van der Waals surface area contributed by atoms with Crippen LogP contribution in [0.25, 0.3) is 0 Å². The van der Waals surface area contributed by atoms with Crippen molar-refractivity contribution >= 4 is 5.91 Å². The van der Waals surface area contributed by atoms with Gasteiger partial charge < -0.3 is 14.8 Å². The van der Waals surface area contributed by atoms with Crippen molar-refractivity contribution in [3.8, 4) is 5.88 Å². The first-order chi connectivity index (χ1) is 9.72. The molecule has 0 aromatic carbocycles. The van der Waals surface area contributed by atoms with E-state index in [9.17, 15) is 4.79 Å². The highest BCUT2D eigenvalue weighted by molar-refractivity contribution is 5.96. The minimum atomic E-state index is -0.157. The van der Waals surface area contributed by atoms with Crippen molar-refractivity contribution in [1.82, 2.24) is 15.2 Å². The van der Waals surface area contributed by atoms with Gasteiger partial charge in [-0.2, -0.15) is 0 Å². The molecule has 6 nitrogen and oxygen atoms in total. The smallest absolute Gasteiger partial charge is 0.256 e. The number of amides is 1. The maximum atomic E-state index is 12.1. The summed E-state index contributed by atoms with van der Waals surface area (Å²) < 4.78 is 10.4. The number of nitrogens with one attached hydrogen (secondary N) is 1. The summed E-state index contributed by atoms with van der Waals surface area (Å²) in [6, 6.07) is 3.72. The topological polar surface area (TPSA) is 63.7 Å². The summed E-state index contributed by atoms with van der Waals surface area (Å²) in [6.45, 7) is 6.03.